The first kappa shape index (κ1) is 44.1. The van der Waals surface area contributed by atoms with Crippen LogP contribution in [-0.2, 0) is 21.7 Å². The minimum atomic E-state index is -0.343. The first-order chi connectivity index (χ1) is 34.9. The highest BCUT2D eigenvalue weighted by molar-refractivity contribution is 6.21. The number of nitrogens with zero attached hydrogens (tertiary/aromatic N) is 1. The molecule has 0 atom stereocenters. The zero-order valence-electron chi connectivity index (χ0n) is 44.2. The average molecular weight is 948 g/mol. The van der Waals surface area contributed by atoms with Gasteiger partial charge in [-0.3, -0.25) is 0 Å². The Bertz CT molecular complexity index is 4230. The average Bonchev–Trinajstić information content (AvgIpc) is 4.14. The summed E-state index contributed by atoms with van der Waals surface area (Å²) in [7, 11) is 0. The summed E-state index contributed by atoms with van der Waals surface area (Å²) < 4.78 is 14.1. The van der Waals surface area contributed by atoms with E-state index in [0.29, 0.717) is 0 Å². The van der Waals surface area contributed by atoms with Crippen LogP contribution in [0, 0.1) is 20.8 Å². The third-order valence-electron chi connectivity index (χ3n) is 17.6. The number of benzene rings is 9. The van der Waals surface area contributed by atoms with E-state index < -0.39 is 0 Å². The van der Waals surface area contributed by atoms with Gasteiger partial charge in [-0.15, -0.1) is 0 Å². The van der Waals surface area contributed by atoms with E-state index in [1.807, 2.05) is 0 Å². The Hall–Kier alpha value is -7.62. The summed E-state index contributed by atoms with van der Waals surface area (Å²) in [6.07, 6.45) is 0. The summed E-state index contributed by atoms with van der Waals surface area (Å²) in [5, 5.41) is 4.77. The highest BCUT2D eigenvalue weighted by Gasteiger charge is 2.49. The largest absolute Gasteiger partial charge is 0.455 e. The number of hydrogen-bond donors (Lipinski definition) is 0. The molecule has 0 radical (unpaired) electrons. The predicted molar refractivity (Wildman–Crippen MR) is 307 cm³/mol. The highest BCUT2D eigenvalue weighted by atomic mass is 16.3. The maximum Gasteiger partial charge on any atom is 0.144 e. The van der Waals surface area contributed by atoms with Gasteiger partial charge in [0, 0.05) is 60.3 Å². The van der Waals surface area contributed by atoms with Crippen LogP contribution in [0.3, 0.4) is 0 Å². The minimum Gasteiger partial charge on any atom is -0.455 e. The molecule has 9 aromatic carbocycles. The molecule has 3 heteroatoms. The van der Waals surface area contributed by atoms with E-state index >= 15 is 0 Å². The number of furan rings is 2. The number of para-hydroxylation sites is 2. The van der Waals surface area contributed by atoms with Crippen molar-refractivity contribution in [3.63, 3.8) is 0 Å². The first-order valence-electron chi connectivity index (χ1n) is 26.3. The molecule has 3 nitrogen and oxygen atoms in total. The van der Waals surface area contributed by atoms with Crippen LogP contribution in [0.2, 0.25) is 0 Å². The second kappa shape index (κ2) is 14.5. The predicted octanol–water partition coefficient (Wildman–Crippen LogP) is 19.8. The van der Waals surface area contributed by atoms with Crippen molar-refractivity contribution < 1.29 is 8.83 Å². The Morgan fingerprint density at radius 1 is 0.411 bits per heavy atom. The van der Waals surface area contributed by atoms with Crippen molar-refractivity contribution in [3.05, 3.63) is 207 Å². The molecule has 3 aliphatic carbocycles. The van der Waals surface area contributed by atoms with Crippen LogP contribution >= 0.6 is 0 Å². The minimum absolute atomic E-state index is 0.0608. The zero-order chi connectivity index (χ0) is 50.4. The number of hydrogen-bond acceptors (Lipinski definition) is 3. The fourth-order valence-electron chi connectivity index (χ4n) is 14.4. The Labute approximate surface area is 429 Å². The van der Waals surface area contributed by atoms with E-state index in [2.05, 4.69) is 240 Å². The molecule has 0 spiro atoms. The number of anilines is 3. The lowest BCUT2D eigenvalue weighted by Gasteiger charge is -2.33. The van der Waals surface area contributed by atoms with Gasteiger partial charge in [0.15, 0.2) is 0 Å². The van der Waals surface area contributed by atoms with E-state index in [1.165, 1.54) is 116 Å². The van der Waals surface area contributed by atoms with Gasteiger partial charge in [0.2, 0.25) is 0 Å². The molecule has 73 heavy (non-hydrogen) atoms. The molecule has 0 unspecified atom stereocenters. The van der Waals surface area contributed by atoms with E-state index in [4.69, 9.17) is 8.83 Å². The molecule has 2 aromatic heterocycles. The van der Waals surface area contributed by atoms with Crippen LogP contribution < -0.4 is 4.90 Å². The Morgan fingerprint density at radius 3 is 1.55 bits per heavy atom. The lowest BCUT2D eigenvalue weighted by atomic mass is 9.72. The molecule has 0 saturated carbocycles. The van der Waals surface area contributed by atoms with Gasteiger partial charge in [0.25, 0.3) is 0 Å². The number of rotatable bonds is 4. The van der Waals surface area contributed by atoms with Crippen molar-refractivity contribution in [1.29, 1.82) is 0 Å². The number of aryl methyl sites for hydroxylation is 3. The third-order valence-corrected chi connectivity index (χ3v) is 17.6. The van der Waals surface area contributed by atoms with E-state index in [1.54, 1.807) is 0 Å². The van der Waals surface area contributed by atoms with Crippen molar-refractivity contribution >= 4 is 60.9 Å². The summed E-state index contributed by atoms with van der Waals surface area (Å²) in [6, 6.07) is 56.9. The molecule has 0 N–H and O–H groups in total. The SMILES string of the molecule is Cc1cc(C)c(N(c2ccc3c(c2)C(C)(C)c2cc(-c4ccccc4C(C)(C)C)c4oc5ccccc5c4c2-3)c2ccc3c(c2)C(C)(C)c2c4c(c5c(oc6ccccc65)c2-3)-c2ccccc2C4(C)C)c(C)c1. The second-order valence-electron chi connectivity index (χ2n) is 24.2. The van der Waals surface area contributed by atoms with Gasteiger partial charge in [-0.1, -0.05) is 177 Å². The standard InChI is InChI=1S/C70H61NO2/c1-38-33-39(2)64(40(3)34-38)71(41-29-31-45-52(35-41)68(7,8)54-37-49(43-21-13-17-25-50(43)67(4,5)6)65-59(57(45)54)47-23-15-19-27-55(47)72-65)42-30-32-46-53(36-42)70(11,12)63-61(46)66-60(48-24-16-20-28-56(48)73-66)58-44-22-14-18-26-51(44)69(9,10)62(58)63/h13-37H,1-12H3. The van der Waals surface area contributed by atoms with Crippen LogP contribution in [0.25, 0.3) is 88.4 Å². The maximum absolute atomic E-state index is 7.08. The van der Waals surface area contributed by atoms with Crippen LogP contribution in [-0.4, -0.2) is 0 Å². The van der Waals surface area contributed by atoms with Gasteiger partial charge < -0.3 is 13.7 Å². The summed E-state index contributed by atoms with van der Waals surface area (Å²) in [6.45, 7) is 28.3. The smallest absolute Gasteiger partial charge is 0.144 e. The molecule has 14 rings (SSSR count). The Kier molecular flexibility index (Phi) is 8.78. The molecule has 0 saturated heterocycles. The lowest BCUT2D eigenvalue weighted by Crippen LogP contribution is -2.24. The van der Waals surface area contributed by atoms with Crippen LogP contribution in [0.1, 0.15) is 118 Å². The van der Waals surface area contributed by atoms with Crippen LogP contribution in [0.4, 0.5) is 17.1 Å². The van der Waals surface area contributed by atoms with Crippen molar-refractivity contribution in [2.45, 2.75) is 105 Å². The van der Waals surface area contributed by atoms with Crippen molar-refractivity contribution in [1.82, 2.24) is 0 Å². The molecule has 3 aliphatic rings. The molecule has 2 heterocycles. The van der Waals surface area contributed by atoms with Gasteiger partial charge in [-0.2, -0.15) is 0 Å². The van der Waals surface area contributed by atoms with Gasteiger partial charge >= 0.3 is 0 Å². The second-order valence-corrected chi connectivity index (χ2v) is 24.2. The van der Waals surface area contributed by atoms with E-state index in [0.717, 1.165) is 44.7 Å². The fourth-order valence-corrected chi connectivity index (χ4v) is 14.4. The third kappa shape index (κ3) is 5.77. The van der Waals surface area contributed by atoms with Crippen molar-refractivity contribution in [2.75, 3.05) is 4.90 Å². The lowest BCUT2D eigenvalue weighted by molar-refractivity contribution is 0.591. The normalized spacial score (nSPS) is 15.5. The molecular formula is C70H61NO2. The van der Waals surface area contributed by atoms with Crippen LogP contribution in [0.5, 0.6) is 0 Å². The summed E-state index contributed by atoms with van der Waals surface area (Å²) in [5.41, 5.74) is 29.7. The Morgan fingerprint density at radius 2 is 0.904 bits per heavy atom. The van der Waals surface area contributed by atoms with Gasteiger partial charge in [-0.25, -0.2) is 0 Å². The molecule has 0 aliphatic heterocycles. The summed E-state index contributed by atoms with van der Waals surface area (Å²) in [5.74, 6) is 0. The van der Waals surface area contributed by atoms with Gasteiger partial charge in [0.05, 0.1) is 5.69 Å². The van der Waals surface area contributed by atoms with E-state index in [-0.39, 0.29) is 21.7 Å². The fraction of sp³-hybridized carbons (Fsp3) is 0.229. The molecule has 358 valence electrons. The van der Waals surface area contributed by atoms with Crippen LogP contribution in [0.15, 0.2) is 160 Å². The monoisotopic (exact) mass is 947 g/mol. The quantitative estimate of drug-likeness (QED) is 0.176. The van der Waals surface area contributed by atoms with Gasteiger partial charge in [0.1, 0.15) is 22.3 Å². The first-order valence-corrected chi connectivity index (χ1v) is 26.3. The molecule has 11 aromatic rings. The molecule has 0 amide bonds. The Balaban J connectivity index is 0.999. The molecule has 0 fully saturated rings. The summed E-state index contributed by atoms with van der Waals surface area (Å²) >= 11 is 0. The molecule has 0 bridgehead atoms. The number of fused-ring (bicyclic) bond motifs is 19. The molecular weight excluding hydrogens is 887 g/mol. The van der Waals surface area contributed by atoms with Crippen molar-refractivity contribution in [2.24, 2.45) is 0 Å². The topological polar surface area (TPSA) is 29.5 Å². The van der Waals surface area contributed by atoms with Crippen molar-refractivity contribution in [3.8, 4) is 44.5 Å². The summed E-state index contributed by atoms with van der Waals surface area (Å²) in [4.78, 5) is 2.55. The zero-order valence-corrected chi connectivity index (χ0v) is 44.2. The van der Waals surface area contributed by atoms with E-state index in [9.17, 15) is 0 Å². The highest BCUT2D eigenvalue weighted by Crippen LogP contribution is 2.64. The maximum atomic E-state index is 7.08. The van der Waals surface area contributed by atoms with Gasteiger partial charge in [-0.05, 0) is 152 Å².